The molecule has 5 heteroatoms. The van der Waals surface area contributed by atoms with E-state index in [2.05, 4.69) is 40.6 Å². The van der Waals surface area contributed by atoms with Crippen molar-refractivity contribution in [1.29, 1.82) is 0 Å². The van der Waals surface area contributed by atoms with Crippen molar-refractivity contribution in [3.63, 3.8) is 0 Å². The zero-order valence-corrected chi connectivity index (χ0v) is 14.5. The number of ether oxygens (including phenoxy) is 1. The Bertz CT molecular complexity index is 694. The van der Waals surface area contributed by atoms with E-state index in [1.54, 1.807) is 0 Å². The highest BCUT2D eigenvalue weighted by Crippen LogP contribution is 2.37. The summed E-state index contributed by atoms with van der Waals surface area (Å²) in [6.45, 7) is 4.15. The fraction of sp³-hybridized carbons (Fsp3) is 0.421. The molecule has 1 amide bonds. The van der Waals surface area contributed by atoms with Crippen molar-refractivity contribution in [3.8, 4) is 0 Å². The molecule has 0 unspecified atom stereocenters. The van der Waals surface area contributed by atoms with E-state index in [-0.39, 0.29) is 11.9 Å². The molecule has 1 fully saturated rings. The van der Waals surface area contributed by atoms with Gasteiger partial charge in [0, 0.05) is 24.5 Å². The Balaban J connectivity index is 1.58. The molecule has 0 radical (unpaired) electrons. The molecule has 126 valence electrons. The van der Waals surface area contributed by atoms with Crippen molar-refractivity contribution >= 4 is 17.2 Å². The van der Waals surface area contributed by atoms with Crippen LogP contribution in [0.3, 0.4) is 0 Å². The second-order valence-corrected chi connectivity index (χ2v) is 7.33. The summed E-state index contributed by atoms with van der Waals surface area (Å²) in [5.74, 6) is 0.220. The second-order valence-electron chi connectivity index (χ2n) is 6.33. The number of benzene rings is 1. The number of carbonyl (C=O) groups is 1. The number of hydrogen-bond donors (Lipinski definition) is 0. The van der Waals surface area contributed by atoms with Gasteiger partial charge < -0.3 is 9.64 Å². The first-order valence-electron chi connectivity index (χ1n) is 8.54. The maximum absolute atomic E-state index is 12.7. The molecule has 4 nitrogen and oxygen atoms in total. The Kier molecular flexibility index (Phi) is 4.65. The quantitative estimate of drug-likeness (QED) is 0.859. The Labute approximate surface area is 146 Å². The molecule has 24 heavy (non-hydrogen) atoms. The van der Waals surface area contributed by atoms with Gasteiger partial charge in [-0.25, -0.2) is 0 Å². The number of thiophene rings is 1. The summed E-state index contributed by atoms with van der Waals surface area (Å²) in [4.78, 5) is 18.5. The first-order valence-corrected chi connectivity index (χ1v) is 9.41. The second kappa shape index (κ2) is 7.05. The van der Waals surface area contributed by atoms with E-state index in [0.29, 0.717) is 32.8 Å². The number of rotatable bonds is 3. The van der Waals surface area contributed by atoms with Crippen molar-refractivity contribution < 1.29 is 9.53 Å². The highest BCUT2D eigenvalue weighted by atomic mass is 32.1. The topological polar surface area (TPSA) is 32.8 Å². The number of amides is 1. The van der Waals surface area contributed by atoms with Gasteiger partial charge in [-0.2, -0.15) is 0 Å². The Morgan fingerprint density at radius 3 is 2.71 bits per heavy atom. The lowest BCUT2D eigenvalue weighted by Gasteiger charge is -2.37. The minimum atomic E-state index is 0.186. The molecule has 1 saturated heterocycles. The number of hydrogen-bond acceptors (Lipinski definition) is 4. The Hall–Kier alpha value is -1.69. The molecule has 0 saturated carbocycles. The van der Waals surface area contributed by atoms with Gasteiger partial charge in [-0.1, -0.05) is 30.3 Å². The van der Waals surface area contributed by atoms with Gasteiger partial charge in [0.25, 0.3) is 0 Å². The normalized spacial score (nSPS) is 21.5. The van der Waals surface area contributed by atoms with Gasteiger partial charge in [-0.3, -0.25) is 9.69 Å². The molecule has 1 aromatic carbocycles. The summed E-state index contributed by atoms with van der Waals surface area (Å²) in [6.07, 6.45) is 1.03. The molecular weight excluding hydrogens is 320 g/mol. The average Bonchev–Trinajstić information content (AvgIpc) is 3.11. The molecule has 0 spiro atoms. The predicted octanol–water partition coefficient (Wildman–Crippen LogP) is 2.55. The molecule has 2 aliphatic heterocycles. The van der Waals surface area contributed by atoms with Crippen LogP contribution in [0.4, 0.5) is 0 Å². The van der Waals surface area contributed by atoms with E-state index in [0.717, 1.165) is 13.0 Å². The molecule has 3 heterocycles. The molecule has 1 aromatic heterocycles. The van der Waals surface area contributed by atoms with Crippen LogP contribution in [0.5, 0.6) is 0 Å². The summed E-state index contributed by atoms with van der Waals surface area (Å²) >= 11 is 1.83. The minimum absolute atomic E-state index is 0.186. The van der Waals surface area contributed by atoms with Gasteiger partial charge in [0.1, 0.15) is 0 Å². The Morgan fingerprint density at radius 1 is 1.12 bits per heavy atom. The lowest BCUT2D eigenvalue weighted by Crippen LogP contribution is -2.47. The van der Waals surface area contributed by atoms with Gasteiger partial charge in [-0.05, 0) is 29.0 Å². The van der Waals surface area contributed by atoms with Crippen molar-refractivity contribution in [2.24, 2.45) is 0 Å². The summed E-state index contributed by atoms with van der Waals surface area (Å²) in [7, 11) is 0. The average molecular weight is 342 g/mol. The van der Waals surface area contributed by atoms with Crippen LogP contribution in [0.25, 0.3) is 0 Å². The maximum atomic E-state index is 12.7. The van der Waals surface area contributed by atoms with E-state index >= 15 is 0 Å². The van der Waals surface area contributed by atoms with Crippen LogP contribution in [0, 0.1) is 0 Å². The van der Waals surface area contributed by atoms with E-state index < -0.39 is 0 Å². The zero-order chi connectivity index (χ0) is 16.4. The third-order valence-corrected chi connectivity index (χ3v) is 5.88. The Morgan fingerprint density at radius 2 is 1.92 bits per heavy atom. The molecule has 0 bridgehead atoms. The van der Waals surface area contributed by atoms with Crippen molar-refractivity contribution in [2.75, 3.05) is 39.4 Å². The van der Waals surface area contributed by atoms with Crippen LogP contribution in [-0.4, -0.2) is 55.1 Å². The molecule has 2 aliphatic rings. The van der Waals surface area contributed by atoms with Crippen molar-refractivity contribution in [3.05, 3.63) is 57.8 Å². The summed E-state index contributed by atoms with van der Waals surface area (Å²) < 4.78 is 5.36. The zero-order valence-electron chi connectivity index (χ0n) is 13.7. The third kappa shape index (κ3) is 3.11. The SMILES string of the molecule is O=C(CN1CCc2sccc2[C@H]1c1ccccc1)N1CCOCC1. The fourth-order valence-corrected chi connectivity index (χ4v) is 4.55. The minimum Gasteiger partial charge on any atom is -0.378 e. The smallest absolute Gasteiger partial charge is 0.236 e. The van der Waals surface area contributed by atoms with E-state index in [9.17, 15) is 4.79 Å². The molecular formula is C19H22N2O2S. The van der Waals surface area contributed by atoms with E-state index in [4.69, 9.17) is 4.74 Å². The number of carbonyl (C=O) groups excluding carboxylic acids is 1. The molecule has 2 aromatic rings. The molecule has 4 rings (SSSR count). The van der Waals surface area contributed by atoms with E-state index in [1.165, 1.54) is 16.0 Å². The van der Waals surface area contributed by atoms with Gasteiger partial charge in [0.05, 0.1) is 25.8 Å². The van der Waals surface area contributed by atoms with Crippen LogP contribution < -0.4 is 0 Å². The van der Waals surface area contributed by atoms with Crippen LogP contribution in [0.2, 0.25) is 0 Å². The number of nitrogens with zero attached hydrogens (tertiary/aromatic N) is 2. The van der Waals surface area contributed by atoms with Crippen molar-refractivity contribution in [2.45, 2.75) is 12.5 Å². The van der Waals surface area contributed by atoms with Gasteiger partial charge >= 0.3 is 0 Å². The lowest BCUT2D eigenvalue weighted by molar-refractivity contribution is -0.137. The first kappa shape index (κ1) is 15.8. The predicted molar refractivity (Wildman–Crippen MR) is 95.3 cm³/mol. The largest absolute Gasteiger partial charge is 0.378 e. The first-order chi connectivity index (χ1) is 11.8. The van der Waals surface area contributed by atoms with E-state index in [1.807, 2.05) is 22.3 Å². The van der Waals surface area contributed by atoms with Gasteiger partial charge in [-0.15, -0.1) is 11.3 Å². The van der Waals surface area contributed by atoms with Crippen LogP contribution >= 0.6 is 11.3 Å². The fourth-order valence-electron chi connectivity index (χ4n) is 3.65. The lowest BCUT2D eigenvalue weighted by atomic mass is 9.93. The van der Waals surface area contributed by atoms with Crippen LogP contribution in [-0.2, 0) is 16.0 Å². The van der Waals surface area contributed by atoms with Gasteiger partial charge in [0.15, 0.2) is 0 Å². The highest BCUT2D eigenvalue weighted by Gasteiger charge is 2.31. The molecule has 1 atom stereocenters. The molecule has 0 aliphatic carbocycles. The maximum Gasteiger partial charge on any atom is 0.236 e. The summed E-state index contributed by atoms with van der Waals surface area (Å²) in [6, 6.07) is 13.0. The monoisotopic (exact) mass is 342 g/mol. The van der Waals surface area contributed by atoms with Crippen LogP contribution in [0.15, 0.2) is 41.8 Å². The molecule has 0 N–H and O–H groups in total. The number of morpholine rings is 1. The van der Waals surface area contributed by atoms with Crippen LogP contribution in [0.1, 0.15) is 22.0 Å². The summed E-state index contributed by atoms with van der Waals surface area (Å²) in [5, 5.41) is 2.17. The number of fused-ring (bicyclic) bond motifs is 1. The highest BCUT2D eigenvalue weighted by molar-refractivity contribution is 7.10. The van der Waals surface area contributed by atoms with Gasteiger partial charge in [0.2, 0.25) is 5.91 Å². The standard InChI is InChI=1S/C19H22N2O2S/c22-18(20-9-11-23-12-10-20)14-21-8-6-17-16(7-13-24-17)19(21)15-4-2-1-3-5-15/h1-5,7,13,19H,6,8-12,14H2/t19-/m1/s1. The summed E-state index contributed by atoms with van der Waals surface area (Å²) in [5.41, 5.74) is 2.64. The van der Waals surface area contributed by atoms with Crippen molar-refractivity contribution in [1.82, 2.24) is 9.80 Å². The third-order valence-electron chi connectivity index (χ3n) is 4.88.